The molecule has 2 aromatic heterocycles. The second-order valence-electron chi connectivity index (χ2n) is 7.18. The van der Waals surface area contributed by atoms with Crippen molar-refractivity contribution in [2.75, 3.05) is 12.8 Å². The number of nitrogen functional groups attached to an aromatic ring is 1. The van der Waals surface area contributed by atoms with Crippen LogP contribution in [0.25, 0.3) is 17.5 Å². The van der Waals surface area contributed by atoms with Gasteiger partial charge in [-0.3, -0.25) is 0 Å². The van der Waals surface area contributed by atoms with Gasteiger partial charge >= 0.3 is 11.6 Å². The van der Waals surface area contributed by atoms with E-state index in [-0.39, 0.29) is 34.1 Å². The summed E-state index contributed by atoms with van der Waals surface area (Å²) in [6.45, 7) is 0. The minimum absolute atomic E-state index is 0.0299. The summed E-state index contributed by atoms with van der Waals surface area (Å²) in [7, 11) is 1.23. The lowest BCUT2D eigenvalue weighted by molar-refractivity contribution is -0.134. The number of halogens is 2. The highest BCUT2D eigenvalue weighted by atomic mass is 35.5. The molecular formula is C23H15Cl2N3O5. The third-order valence-corrected chi connectivity index (χ3v) is 6.00. The van der Waals surface area contributed by atoms with Crippen LogP contribution in [-0.2, 0) is 9.53 Å². The number of carbonyl (C=O) groups excluding carboxylic acids is 1. The predicted octanol–water partition coefficient (Wildman–Crippen LogP) is 2.61. The Bertz CT molecular complexity index is 1600. The molecular weight excluding hydrogens is 469 g/mol. The molecule has 0 spiro atoms. The van der Waals surface area contributed by atoms with Gasteiger partial charge in [0.1, 0.15) is 16.6 Å². The van der Waals surface area contributed by atoms with E-state index in [1.807, 2.05) is 0 Å². The fourth-order valence-electron chi connectivity index (χ4n) is 3.90. The average Bonchev–Trinajstić information content (AvgIpc) is 3.33. The molecule has 0 amide bonds. The predicted molar refractivity (Wildman–Crippen MR) is 122 cm³/mol. The number of aromatic nitrogens is 2. The Morgan fingerprint density at radius 1 is 1.12 bits per heavy atom. The topological polar surface area (TPSA) is 113 Å². The van der Waals surface area contributed by atoms with Crippen LogP contribution in [-0.4, -0.2) is 22.6 Å². The zero-order valence-electron chi connectivity index (χ0n) is 17.0. The lowest BCUT2D eigenvalue weighted by Crippen LogP contribution is -2.37. The van der Waals surface area contributed by atoms with Crippen LogP contribution in [0.15, 0.2) is 62.2 Å². The number of benzene rings is 2. The molecule has 4 aromatic rings. The fraction of sp³-hybridized carbons (Fsp3) is 0.0870. The summed E-state index contributed by atoms with van der Waals surface area (Å²) in [6.07, 6.45) is 1.53. The van der Waals surface area contributed by atoms with Crippen LogP contribution >= 0.6 is 23.2 Å². The van der Waals surface area contributed by atoms with Crippen molar-refractivity contribution < 1.29 is 18.4 Å². The maximum Gasteiger partial charge on any atom is 0.362 e. The molecule has 0 saturated carbocycles. The number of hydrogen-bond acceptors (Lipinski definition) is 7. The molecule has 166 valence electrons. The number of oxazole rings is 2. The summed E-state index contributed by atoms with van der Waals surface area (Å²) in [4.78, 5) is 30.2. The van der Waals surface area contributed by atoms with Crippen molar-refractivity contribution in [3.05, 3.63) is 96.7 Å². The molecule has 0 aliphatic carbocycles. The first-order valence-electron chi connectivity index (χ1n) is 9.72. The quantitative estimate of drug-likeness (QED) is 0.445. The molecule has 2 aromatic carbocycles. The van der Waals surface area contributed by atoms with Crippen molar-refractivity contribution in [1.29, 1.82) is 0 Å². The Hall–Kier alpha value is -3.75. The molecule has 0 saturated heterocycles. The van der Waals surface area contributed by atoms with E-state index in [1.54, 1.807) is 48.5 Å². The minimum Gasteiger partial charge on any atom is -0.465 e. The van der Waals surface area contributed by atoms with Crippen molar-refractivity contribution in [2.45, 2.75) is 5.92 Å². The number of carbonyl (C=O) groups is 1. The first-order valence-corrected chi connectivity index (χ1v) is 10.5. The lowest BCUT2D eigenvalue weighted by atomic mass is 9.87. The summed E-state index contributed by atoms with van der Waals surface area (Å²) < 4.78 is 17.6. The lowest BCUT2D eigenvalue weighted by Gasteiger charge is -2.22. The summed E-state index contributed by atoms with van der Waals surface area (Å²) in [5.41, 5.74) is 6.53. The van der Waals surface area contributed by atoms with Gasteiger partial charge in [-0.2, -0.15) is 4.98 Å². The maximum atomic E-state index is 13.0. The van der Waals surface area contributed by atoms with Crippen molar-refractivity contribution in [2.24, 2.45) is 0 Å². The number of esters is 1. The summed E-state index contributed by atoms with van der Waals surface area (Å²) in [6, 6.07) is 13.7. The second-order valence-corrected chi connectivity index (χ2v) is 8.00. The van der Waals surface area contributed by atoms with Crippen LogP contribution < -0.4 is 22.3 Å². The number of anilines is 1. The molecule has 8 nitrogen and oxygen atoms in total. The van der Waals surface area contributed by atoms with Gasteiger partial charge in [0.05, 0.1) is 13.0 Å². The first kappa shape index (κ1) is 21.1. The zero-order valence-corrected chi connectivity index (χ0v) is 18.6. The van der Waals surface area contributed by atoms with Gasteiger partial charge in [0.15, 0.2) is 0 Å². The average molecular weight is 484 g/mol. The highest BCUT2D eigenvalue weighted by molar-refractivity contribution is 6.32. The van der Waals surface area contributed by atoms with E-state index in [0.29, 0.717) is 21.2 Å². The van der Waals surface area contributed by atoms with Crippen LogP contribution in [0.4, 0.5) is 6.01 Å². The number of hydrogen-bond donors (Lipinski definition) is 1. The smallest absolute Gasteiger partial charge is 0.362 e. The first-order chi connectivity index (χ1) is 15.9. The van der Waals surface area contributed by atoms with E-state index in [2.05, 4.69) is 4.98 Å². The van der Waals surface area contributed by atoms with Crippen molar-refractivity contribution in [3.8, 4) is 5.88 Å². The minimum atomic E-state index is -0.846. The molecule has 1 atom stereocenters. The number of rotatable bonds is 3. The van der Waals surface area contributed by atoms with E-state index in [9.17, 15) is 9.59 Å². The third-order valence-electron chi connectivity index (χ3n) is 5.31. The van der Waals surface area contributed by atoms with Gasteiger partial charge in [-0.25, -0.2) is 14.2 Å². The zero-order chi connectivity index (χ0) is 23.3. The van der Waals surface area contributed by atoms with Gasteiger partial charge in [0.2, 0.25) is 11.4 Å². The van der Waals surface area contributed by atoms with Gasteiger partial charge in [-0.1, -0.05) is 59.6 Å². The molecule has 0 unspecified atom stereocenters. The van der Waals surface area contributed by atoms with Crippen molar-refractivity contribution in [3.63, 3.8) is 0 Å². The van der Waals surface area contributed by atoms with Gasteiger partial charge < -0.3 is 19.3 Å². The number of nitrogens with zero attached hydrogens (tertiary/aromatic N) is 2. The number of ether oxygens (including phenoxy) is 1. The highest BCUT2D eigenvalue weighted by Crippen LogP contribution is 2.41. The van der Waals surface area contributed by atoms with Crippen LogP contribution in [0.1, 0.15) is 22.7 Å². The monoisotopic (exact) mass is 483 g/mol. The molecule has 0 fully saturated rings. The normalized spacial score (nSPS) is 15.3. The summed E-state index contributed by atoms with van der Waals surface area (Å²) >= 11 is 12.7. The van der Waals surface area contributed by atoms with Crippen LogP contribution in [0, 0.1) is 0 Å². The van der Waals surface area contributed by atoms with Crippen LogP contribution in [0.3, 0.4) is 0 Å². The van der Waals surface area contributed by atoms with Gasteiger partial charge in [-0.05, 0) is 29.3 Å². The van der Waals surface area contributed by atoms with E-state index in [0.717, 1.165) is 0 Å². The van der Waals surface area contributed by atoms with Crippen LogP contribution in [0.5, 0.6) is 0 Å². The van der Waals surface area contributed by atoms with E-state index in [4.69, 9.17) is 42.5 Å². The van der Waals surface area contributed by atoms with Gasteiger partial charge in [0.25, 0.3) is 6.01 Å². The molecule has 0 radical (unpaired) electrons. The standard InChI is InChI=1S/C23H15Cl2N3O5/c1-31-22(30)17-16(12-7-3-5-9-14(12)25)18-20(33-23(26)27-18)28-15(21(29)32-19(17)28)10-11-6-2-4-8-13(11)24/h2-10,16H,1H3,(H2,26,27)/b15-10+/t16-/m0/s1. The molecule has 5 rings (SSSR count). The molecule has 1 aliphatic rings. The maximum absolute atomic E-state index is 13.0. The summed E-state index contributed by atoms with van der Waals surface area (Å²) in [5.74, 6) is -1.44. The Balaban J connectivity index is 1.95. The molecule has 2 N–H and O–H groups in total. The Morgan fingerprint density at radius 3 is 2.52 bits per heavy atom. The molecule has 33 heavy (non-hydrogen) atoms. The van der Waals surface area contributed by atoms with Crippen LogP contribution in [0.2, 0.25) is 10.0 Å². The largest absolute Gasteiger partial charge is 0.465 e. The third kappa shape index (κ3) is 3.35. The Kier molecular flexibility index (Phi) is 5.11. The molecule has 1 aliphatic heterocycles. The SMILES string of the molecule is COC(=O)C1=c2oc(=O)/c(=C\c3ccccc3Cl)n2-c2oc(N)nc2[C@H]1c1ccccc1Cl. The number of fused-ring (bicyclic) bond motifs is 3. The molecule has 10 heteroatoms. The highest BCUT2D eigenvalue weighted by Gasteiger charge is 2.40. The molecule has 0 bridgehead atoms. The van der Waals surface area contributed by atoms with Crippen molar-refractivity contribution >= 4 is 46.8 Å². The van der Waals surface area contributed by atoms with Gasteiger partial charge in [0, 0.05) is 10.0 Å². The van der Waals surface area contributed by atoms with Gasteiger partial charge in [-0.15, -0.1) is 0 Å². The Labute approximate surface area is 196 Å². The van der Waals surface area contributed by atoms with Crippen molar-refractivity contribution in [1.82, 2.24) is 9.55 Å². The van der Waals surface area contributed by atoms with E-state index < -0.39 is 17.5 Å². The van der Waals surface area contributed by atoms with E-state index >= 15 is 0 Å². The fourth-order valence-corrected chi connectivity index (χ4v) is 4.34. The van der Waals surface area contributed by atoms with E-state index in [1.165, 1.54) is 17.8 Å². The second kappa shape index (κ2) is 7.99. The summed E-state index contributed by atoms with van der Waals surface area (Å²) in [5, 5.41) is 0.864. The Morgan fingerprint density at radius 2 is 1.82 bits per heavy atom. The molecule has 3 heterocycles. The number of methoxy groups -OCH3 is 1. The number of nitrogens with two attached hydrogens (primary N) is 1.